The van der Waals surface area contributed by atoms with Gasteiger partial charge in [0.1, 0.15) is 11.3 Å². The Morgan fingerprint density at radius 1 is 0.913 bits per heavy atom. The van der Waals surface area contributed by atoms with Crippen molar-refractivity contribution in [2.75, 3.05) is 0 Å². The highest BCUT2D eigenvalue weighted by molar-refractivity contribution is 5.84. The number of aliphatic imine (C=N–C) groups is 1. The van der Waals surface area contributed by atoms with Crippen molar-refractivity contribution in [2.24, 2.45) is 4.99 Å². The fraction of sp³-hybridized carbons (Fsp3) is 0. The number of imidazole rings is 1. The van der Waals surface area contributed by atoms with Crippen LogP contribution in [0, 0.1) is 0 Å². The fourth-order valence-electron chi connectivity index (χ4n) is 2.39. The molecule has 0 fully saturated rings. The second-order valence-electron chi connectivity index (χ2n) is 5.00. The molecular formula is C18H13N5. The molecule has 0 bridgehead atoms. The molecule has 0 aliphatic heterocycles. The van der Waals surface area contributed by atoms with Crippen LogP contribution in [0.15, 0.2) is 78.4 Å². The molecule has 0 saturated heterocycles. The monoisotopic (exact) mass is 299 g/mol. The topological polar surface area (TPSA) is 55.4 Å². The predicted molar refractivity (Wildman–Crippen MR) is 89.9 cm³/mol. The Kier molecular flexibility index (Phi) is 3.37. The molecule has 5 nitrogen and oxygen atoms in total. The maximum atomic E-state index is 4.69. The van der Waals surface area contributed by atoms with Crippen molar-refractivity contribution in [3.63, 3.8) is 0 Å². The zero-order valence-corrected chi connectivity index (χ0v) is 12.2. The predicted octanol–water partition coefficient (Wildman–Crippen LogP) is 3.54. The third kappa shape index (κ3) is 2.60. The fourth-order valence-corrected chi connectivity index (χ4v) is 2.39. The molecule has 0 N–H and O–H groups in total. The van der Waals surface area contributed by atoms with Crippen molar-refractivity contribution in [3.8, 4) is 11.3 Å². The Morgan fingerprint density at radius 3 is 2.57 bits per heavy atom. The first-order chi connectivity index (χ1) is 11.4. The molecule has 0 unspecified atom stereocenters. The van der Waals surface area contributed by atoms with E-state index in [1.54, 1.807) is 31.0 Å². The van der Waals surface area contributed by atoms with E-state index < -0.39 is 0 Å². The normalized spacial score (nSPS) is 11.3. The summed E-state index contributed by atoms with van der Waals surface area (Å²) in [7, 11) is 0. The molecule has 110 valence electrons. The maximum Gasteiger partial charge on any atom is 0.165 e. The average molecular weight is 299 g/mol. The molecule has 0 radical (unpaired) electrons. The quantitative estimate of drug-likeness (QED) is 0.544. The Bertz CT molecular complexity index is 959. The molecular weight excluding hydrogens is 286 g/mol. The van der Waals surface area contributed by atoms with E-state index in [-0.39, 0.29) is 0 Å². The largest absolute Gasteiger partial charge is 0.284 e. The molecule has 0 atom stereocenters. The highest BCUT2D eigenvalue weighted by Crippen LogP contribution is 2.30. The van der Waals surface area contributed by atoms with Crippen LogP contribution in [0.2, 0.25) is 0 Å². The Labute approximate surface area is 133 Å². The van der Waals surface area contributed by atoms with Crippen molar-refractivity contribution in [2.45, 2.75) is 0 Å². The smallest absolute Gasteiger partial charge is 0.165 e. The molecule has 4 aromatic rings. The standard InChI is InChI=1S/C18H13N5/c1-2-10-23-16(7-1)22-17(15-6-4-9-20-13-15)18(23)21-12-14-5-3-8-19-11-14/h1-13H/b21-12+. The van der Waals surface area contributed by atoms with Gasteiger partial charge in [-0.15, -0.1) is 0 Å². The summed E-state index contributed by atoms with van der Waals surface area (Å²) in [5.74, 6) is 0.775. The number of fused-ring (bicyclic) bond motifs is 1. The molecule has 0 aliphatic rings. The second kappa shape index (κ2) is 5.81. The van der Waals surface area contributed by atoms with Crippen molar-refractivity contribution >= 4 is 17.7 Å². The van der Waals surface area contributed by atoms with Crippen LogP contribution >= 0.6 is 0 Å². The van der Waals surface area contributed by atoms with Gasteiger partial charge in [0.2, 0.25) is 0 Å². The Morgan fingerprint density at radius 2 is 1.78 bits per heavy atom. The zero-order valence-electron chi connectivity index (χ0n) is 12.2. The van der Waals surface area contributed by atoms with Gasteiger partial charge >= 0.3 is 0 Å². The van der Waals surface area contributed by atoms with Crippen molar-refractivity contribution in [3.05, 3.63) is 79.0 Å². The van der Waals surface area contributed by atoms with Crippen LogP contribution in [0.4, 0.5) is 5.82 Å². The molecule has 23 heavy (non-hydrogen) atoms. The van der Waals surface area contributed by atoms with Crippen LogP contribution in [0.1, 0.15) is 5.56 Å². The molecule has 0 amide bonds. The number of pyridine rings is 3. The van der Waals surface area contributed by atoms with Gasteiger partial charge in [0.05, 0.1) is 0 Å². The first-order valence-corrected chi connectivity index (χ1v) is 7.23. The van der Waals surface area contributed by atoms with E-state index in [0.29, 0.717) is 0 Å². The number of aromatic nitrogens is 4. The second-order valence-corrected chi connectivity index (χ2v) is 5.00. The lowest BCUT2D eigenvalue weighted by atomic mass is 10.2. The molecule has 0 aliphatic carbocycles. The van der Waals surface area contributed by atoms with Gasteiger partial charge in [0.15, 0.2) is 5.82 Å². The molecule has 0 saturated carbocycles. The minimum absolute atomic E-state index is 0.775. The van der Waals surface area contributed by atoms with Gasteiger partial charge in [0.25, 0.3) is 0 Å². The molecule has 0 aromatic carbocycles. The molecule has 4 aromatic heterocycles. The summed E-state index contributed by atoms with van der Waals surface area (Å²) in [5, 5.41) is 0. The lowest BCUT2D eigenvalue weighted by Crippen LogP contribution is -1.85. The van der Waals surface area contributed by atoms with Gasteiger partial charge in [-0.3, -0.25) is 14.4 Å². The first-order valence-electron chi connectivity index (χ1n) is 7.23. The summed E-state index contributed by atoms with van der Waals surface area (Å²) >= 11 is 0. The summed E-state index contributed by atoms with van der Waals surface area (Å²) in [6.45, 7) is 0. The number of rotatable bonds is 3. The van der Waals surface area contributed by atoms with Crippen LogP contribution in [-0.4, -0.2) is 25.6 Å². The van der Waals surface area contributed by atoms with E-state index in [1.807, 2.05) is 53.1 Å². The summed E-state index contributed by atoms with van der Waals surface area (Å²) in [4.78, 5) is 17.6. The van der Waals surface area contributed by atoms with Gasteiger partial charge in [-0.25, -0.2) is 9.98 Å². The molecule has 0 spiro atoms. The summed E-state index contributed by atoms with van der Waals surface area (Å²) in [6.07, 6.45) is 10.8. The Hall–Kier alpha value is -3.34. The minimum atomic E-state index is 0.775. The van der Waals surface area contributed by atoms with Gasteiger partial charge < -0.3 is 0 Å². The lowest BCUT2D eigenvalue weighted by molar-refractivity contribution is 1.17. The SMILES string of the molecule is C(=N\c1c(-c2cccnc2)nc2ccccn12)/c1cccnc1. The van der Waals surface area contributed by atoms with Gasteiger partial charge in [-0.2, -0.15) is 0 Å². The van der Waals surface area contributed by atoms with E-state index in [0.717, 1.165) is 28.3 Å². The number of nitrogens with zero attached hydrogens (tertiary/aromatic N) is 5. The van der Waals surface area contributed by atoms with Crippen LogP contribution in [0.5, 0.6) is 0 Å². The Balaban J connectivity index is 1.88. The highest BCUT2D eigenvalue weighted by Gasteiger charge is 2.12. The van der Waals surface area contributed by atoms with Crippen LogP contribution in [-0.2, 0) is 0 Å². The highest BCUT2D eigenvalue weighted by atomic mass is 15.1. The van der Waals surface area contributed by atoms with Crippen molar-refractivity contribution in [1.82, 2.24) is 19.4 Å². The minimum Gasteiger partial charge on any atom is -0.284 e. The number of hydrogen-bond donors (Lipinski definition) is 0. The van der Waals surface area contributed by atoms with Crippen molar-refractivity contribution in [1.29, 1.82) is 0 Å². The van der Waals surface area contributed by atoms with E-state index >= 15 is 0 Å². The summed E-state index contributed by atoms with van der Waals surface area (Å²) < 4.78 is 1.97. The average Bonchev–Trinajstić information content (AvgIpc) is 3.00. The van der Waals surface area contributed by atoms with Gasteiger partial charge in [-0.1, -0.05) is 12.1 Å². The zero-order chi connectivity index (χ0) is 15.5. The van der Waals surface area contributed by atoms with E-state index in [2.05, 4.69) is 19.9 Å². The summed E-state index contributed by atoms with van der Waals surface area (Å²) in [5.41, 5.74) is 3.54. The van der Waals surface area contributed by atoms with Gasteiger partial charge in [-0.05, 0) is 30.3 Å². The third-order valence-electron chi connectivity index (χ3n) is 3.46. The third-order valence-corrected chi connectivity index (χ3v) is 3.46. The first kappa shape index (κ1) is 13.3. The van der Waals surface area contributed by atoms with E-state index in [4.69, 9.17) is 0 Å². The van der Waals surface area contributed by atoms with Crippen LogP contribution < -0.4 is 0 Å². The van der Waals surface area contributed by atoms with Crippen LogP contribution in [0.3, 0.4) is 0 Å². The van der Waals surface area contributed by atoms with E-state index in [1.165, 1.54) is 0 Å². The summed E-state index contributed by atoms with van der Waals surface area (Å²) in [6, 6.07) is 13.6. The molecule has 4 heterocycles. The van der Waals surface area contributed by atoms with E-state index in [9.17, 15) is 0 Å². The van der Waals surface area contributed by atoms with Crippen LogP contribution in [0.25, 0.3) is 16.9 Å². The lowest BCUT2D eigenvalue weighted by Gasteiger charge is -1.99. The molecule has 4 rings (SSSR count). The molecule has 5 heteroatoms. The maximum absolute atomic E-state index is 4.69. The van der Waals surface area contributed by atoms with Crippen molar-refractivity contribution < 1.29 is 0 Å². The number of hydrogen-bond acceptors (Lipinski definition) is 4. The van der Waals surface area contributed by atoms with Gasteiger partial charge in [0, 0.05) is 48.3 Å².